The number of piperazine rings is 1. The van der Waals surface area contributed by atoms with E-state index < -0.39 is 11.6 Å². The van der Waals surface area contributed by atoms with Crippen LogP contribution in [0, 0.1) is 0 Å². The number of carbonyl (C=O) groups excluding carboxylic acids is 2. The highest BCUT2D eigenvalue weighted by atomic mass is 35.5. The highest BCUT2D eigenvalue weighted by molar-refractivity contribution is 6.25. The van der Waals surface area contributed by atoms with Gasteiger partial charge >= 0.3 is 0 Å². The molecule has 2 amide bonds. The third-order valence-corrected chi connectivity index (χ3v) is 3.91. The lowest BCUT2D eigenvalue weighted by Gasteiger charge is -2.43. The van der Waals surface area contributed by atoms with Crippen LogP contribution in [0.3, 0.4) is 0 Å². The molecule has 1 atom stereocenters. The molecular weight excluding hydrogens is 240 g/mol. The van der Waals surface area contributed by atoms with E-state index in [2.05, 4.69) is 5.32 Å². The van der Waals surface area contributed by atoms with Gasteiger partial charge in [-0.25, -0.2) is 0 Å². The molecule has 1 N–H and O–H groups in total. The van der Waals surface area contributed by atoms with Gasteiger partial charge in [0.2, 0.25) is 11.8 Å². The average molecular weight is 257 g/mol. The number of nitrogens with zero attached hydrogens (tertiary/aromatic N) is 1. The third kappa shape index (κ3) is 2.06. The molecule has 0 aromatic heterocycles. The van der Waals surface area contributed by atoms with Crippen molar-refractivity contribution in [3.8, 4) is 0 Å². The average Bonchev–Trinajstić information content (AvgIpc) is 2.76. The first-order valence-corrected chi connectivity index (χ1v) is 6.43. The molecular formula is C12H17ClN2O2. The summed E-state index contributed by atoms with van der Waals surface area (Å²) in [5, 5.41) is 2.91. The lowest BCUT2D eigenvalue weighted by molar-refractivity contribution is -0.153. The quantitative estimate of drug-likeness (QED) is 0.812. The summed E-state index contributed by atoms with van der Waals surface area (Å²) in [6.45, 7) is 2.15. The summed E-state index contributed by atoms with van der Waals surface area (Å²) >= 11 is 5.48. The first-order valence-electron chi connectivity index (χ1n) is 5.99. The Labute approximate surface area is 106 Å². The number of hydrogen-bond donors (Lipinski definition) is 1. The second-order valence-electron chi connectivity index (χ2n) is 4.77. The fourth-order valence-electron chi connectivity index (χ4n) is 2.70. The molecule has 1 spiro atoms. The van der Waals surface area contributed by atoms with Gasteiger partial charge in [-0.3, -0.25) is 9.59 Å². The van der Waals surface area contributed by atoms with Gasteiger partial charge in [0, 0.05) is 12.1 Å². The van der Waals surface area contributed by atoms with Gasteiger partial charge in [-0.1, -0.05) is 30.5 Å². The molecule has 4 nitrogen and oxygen atoms in total. The van der Waals surface area contributed by atoms with Crippen molar-refractivity contribution in [3.63, 3.8) is 0 Å². The molecule has 94 valence electrons. The van der Waals surface area contributed by atoms with Crippen LogP contribution in [0.15, 0.2) is 11.6 Å². The molecule has 2 rings (SSSR count). The largest absolute Gasteiger partial charge is 0.340 e. The minimum Gasteiger partial charge on any atom is -0.340 e. The molecule has 1 heterocycles. The molecule has 0 aromatic carbocycles. The topological polar surface area (TPSA) is 49.4 Å². The molecule has 17 heavy (non-hydrogen) atoms. The molecule has 0 bridgehead atoms. The van der Waals surface area contributed by atoms with Crippen LogP contribution in [0.1, 0.15) is 32.6 Å². The molecule has 2 fully saturated rings. The maximum Gasteiger partial charge on any atom is 0.249 e. The van der Waals surface area contributed by atoms with Crippen molar-refractivity contribution in [2.24, 2.45) is 0 Å². The number of rotatable bonds is 2. The van der Waals surface area contributed by atoms with E-state index in [0.29, 0.717) is 6.54 Å². The van der Waals surface area contributed by atoms with Crippen LogP contribution in [0.4, 0.5) is 0 Å². The van der Waals surface area contributed by atoms with Gasteiger partial charge in [-0.2, -0.15) is 0 Å². The predicted octanol–water partition coefficient (Wildman–Crippen LogP) is 1.40. The lowest BCUT2D eigenvalue weighted by atomic mass is 9.91. The predicted molar refractivity (Wildman–Crippen MR) is 65.5 cm³/mol. The molecule has 1 saturated carbocycles. The van der Waals surface area contributed by atoms with E-state index in [4.69, 9.17) is 11.6 Å². The molecule has 1 saturated heterocycles. The van der Waals surface area contributed by atoms with Gasteiger partial charge in [0.1, 0.15) is 11.6 Å². The number of carbonyl (C=O) groups is 2. The summed E-state index contributed by atoms with van der Waals surface area (Å²) < 4.78 is 0. The first-order chi connectivity index (χ1) is 8.10. The molecule has 2 aliphatic rings. The Bertz CT molecular complexity index is 362. The number of nitrogens with one attached hydrogen (secondary N) is 1. The molecule has 0 radical (unpaired) electrons. The minimum atomic E-state index is -0.635. The van der Waals surface area contributed by atoms with E-state index in [9.17, 15) is 9.59 Å². The van der Waals surface area contributed by atoms with E-state index in [1.165, 1.54) is 5.54 Å². The zero-order valence-electron chi connectivity index (χ0n) is 9.91. The standard InChI is InChI=1S/C12H17ClN2O2/c1-9-10(16)14-12(5-2-3-6-12)11(17)15(9)8-4-7-13/h4,7,9H,2-3,5-6,8H2,1H3,(H,14,16)/b7-4+. The third-order valence-electron chi connectivity index (χ3n) is 3.73. The summed E-state index contributed by atoms with van der Waals surface area (Å²) in [6, 6.07) is -0.415. The summed E-state index contributed by atoms with van der Waals surface area (Å²) in [4.78, 5) is 26.0. The van der Waals surface area contributed by atoms with Crippen LogP contribution in [0.25, 0.3) is 0 Å². The van der Waals surface area contributed by atoms with Crippen LogP contribution < -0.4 is 5.32 Å². The van der Waals surface area contributed by atoms with Gasteiger partial charge in [-0.05, 0) is 19.8 Å². The van der Waals surface area contributed by atoms with Crippen molar-refractivity contribution in [1.29, 1.82) is 0 Å². The number of halogens is 1. The number of hydrogen-bond acceptors (Lipinski definition) is 2. The highest BCUT2D eigenvalue weighted by Gasteiger charge is 2.50. The van der Waals surface area contributed by atoms with Crippen LogP contribution >= 0.6 is 11.6 Å². The maximum atomic E-state index is 12.4. The summed E-state index contributed by atoms with van der Waals surface area (Å²) in [7, 11) is 0. The van der Waals surface area contributed by atoms with Crippen molar-refractivity contribution in [2.45, 2.75) is 44.2 Å². The van der Waals surface area contributed by atoms with Gasteiger partial charge in [-0.15, -0.1) is 0 Å². The molecule has 1 unspecified atom stereocenters. The van der Waals surface area contributed by atoms with E-state index in [-0.39, 0.29) is 11.8 Å². The molecule has 1 aliphatic heterocycles. The summed E-state index contributed by atoms with van der Waals surface area (Å²) in [5.41, 5.74) is 0.748. The first kappa shape index (κ1) is 12.4. The second kappa shape index (κ2) is 4.69. The molecule has 0 aromatic rings. The van der Waals surface area contributed by atoms with E-state index in [1.54, 1.807) is 17.9 Å². The van der Waals surface area contributed by atoms with Crippen LogP contribution in [-0.2, 0) is 9.59 Å². The monoisotopic (exact) mass is 256 g/mol. The Morgan fingerprint density at radius 1 is 1.47 bits per heavy atom. The Balaban J connectivity index is 2.23. The molecule has 5 heteroatoms. The van der Waals surface area contributed by atoms with Crippen molar-refractivity contribution >= 4 is 23.4 Å². The number of amides is 2. The van der Waals surface area contributed by atoms with Gasteiger partial charge in [0.05, 0.1) is 0 Å². The van der Waals surface area contributed by atoms with E-state index in [0.717, 1.165) is 25.7 Å². The highest BCUT2D eigenvalue weighted by Crippen LogP contribution is 2.34. The SMILES string of the molecule is CC1C(=O)NC2(CCCC2)C(=O)N1C/C=C/Cl. The smallest absolute Gasteiger partial charge is 0.249 e. The Hall–Kier alpha value is -1.03. The summed E-state index contributed by atoms with van der Waals surface area (Å²) in [6.07, 6.45) is 5.20. The Morgan fingerprint density at radius 2 is 2.12 bits per heavy atom. The minimum absolute atomic E-state index is 0.0388. The van der Waals surface area contributed by atoms with Crippen LogP contribution in [0.2, 0.25) is 0 Å². The van der Waals surface area contributed by atoms with Crippen molar-refractivity contribution in [1.82, 2.24) is 10.2 Å². The van der Waals surface area contributed by atoms with Gasteiger partial charge in [0.15, 0.2) is 0 Å². The summed E-state index contributed by atoms with van der Waals surface area (Å²) in [5.74, 6) is -0.0219. The van der Waals surface area contributed by atoms with Crippen molar-refractivity contribution in [3.05, 3.63) is 11.6 Å². The van der Waals surface area contributed by atoms with Crippen LogP contribution in [0.5, 0.6) is 0 Å². The van der Waals surface area contributed by atoms with Crippen LogP contribution in [-0.4, -0.2) is 34.8 Å². The van der Waals surface area contributed by atoms with E-state index in [1.807, 2.05) is 0 Å². The van der Waals surface area contributed by atoms with Gasteiger partial charge < -0.3 is 10.2 Å². The Kier molecular flexibility index (Phi) is 3.43. The fraction of sp³-hybridized carbons (Fsp3) is 0.667. The lowest BCUT2D eigenvalue weighted by Crippen LogP contribution is -2.68. The molecule has 1 aliphatic carbocycles. The van der Waals surface area contributed by atoms with E-state index >= 15 is 0 Å². The Morgan fingerprint density at radius 3 is 2.71 bits per heavy atom. The van der Waals surface area contributed by atoms with Crippen molar-refractivity contribution < 1.29 is 9.59 Å². The second-order valence-corrected chi connectivity index (χ2v) is 5.03. The zero-order chi connectivity index (χ0) is 12.5. The normalized spacial score (nSPS) is 28.1. The fourth-order valence-corrected chi connectivity index (χ4v) is 2.78. The maximum absolute atomic E-state index is 12.4. The van der Waals surface area contributed by atoms with Gasteiger partial charge in [0.25, 0.3) is 0 Å². The van der Waals surface area contributed by atoms with Crippen molar-refractivity contribution in [2.75, 3.05) is 6.54 Å². The zero-order valence-corrected chi connectivity index (χ0v) is 10.7.